The summed E-state index contributed by atoms with van der Waals surface area (Å²) >= 11 is 0. The number of fused-ring (bicyclic) bond motifs is 1. The van der Waals surface area contributed by atoms with Crippen LogP contribution < -0.4 is 0 Å². The van der Waals surface area contributed by atoms with E-state index >= 15 is 0 Å². The number of hydrogen-bond donors (Lipinski definition) is 2. The van der Waals surface area contributed by atoms with Crippen LogP contribution in [0.4, 0.5) is 8.78 Å². The molecule has 3 fully saturated rings. The molecule has 31 heavy (non-hydrogen) atoms. The zero-order valence-corrected chi connectivity index (χ0v) is 17.8. The van der Waals surface area contributed by atoms with Gasteiger partial charge in [0.15, 0.2) is 6.10 Å². The number of aliphatic hydroxyl groups is 1. The van der Waals surface area contributed by atoms with E-state index in [0.717, 1.165) is 0 Å². The summed E-state index contributed by atoms with van der Waals surface area (Å²) < 4.78 is 71.7. The molecule has 13 heteroatoms. The SMILES string of the molecule is CC(OC(=O)CCC(=O)OC1C2CC3C1OC(=O)C3C2C(C)(C)O)C(F)(F)S(=O)(=O)O. The Morgan fingerprint density at radius 3 is 2.35 bits per heavy atom. The predicted molar refractivity (Wildman–Crippen MR) is 95.9 cm³/mol. The van der Waals surface area contributed by atoms with Crippen LogP contribution in [0.5, 0.6) is 0 Å². The maximum absolute atomic E-state index is 13.4. The van der Waals surface area contributed by atoms with Gasteiger partial charge in [-0.1, -0.05) is 0 Å². The minimum absolute atomic E-state index is 0.180. The van der Waals surface area contributed by atoms with Gasteiger partial charge >= 0.3 is 33.3 Å². The lowest BCUT2D eigenvalue weighted by Gasteiger charge is -2.38. The van der Waals surface area contributed by atoms with Gasteiger partial charge < -0.3 is 19.3 Å². The fraction of sp³-hybridized carbons (Fsp3) is 0.833. The molecule has 2 N–H and O–H groups in total. The quantitative estimate of drug-likeness (QED) is 0.294. The van der Waals surface area contributed by atoms with E-state index in [1.54, 1.807) is 13.8 Å². The van der Waals surface area contributed by atoms with Crippen molar-refractivity contribution in [3.8, 4) is 0 Å². The highest BCUT2D eigenvalue weighted by Gasteiger charge is 2.70. The maximum atomic E-state index is 13.4. The number of esters is 3. The minimum atomic E-state index is -5.79. The Labute approximate surface area is 177 Å². The molecule has 2 saturated carbocycles. The number of alkyl halides is 2. The summed E-state index contributed by atoms with van der Waals surface area (Å²) in [5.74, 6) is -4.02. The normalized spacial score (nSPS) is 33.2. The topological polar surface area (TPSA) is 154 Å². The Kier molecular flexibility index (Phi) is 5.85. The van der Waals surface area contributed by atoms with Gasteiger partial charge in [-0.25, -0.2) is 0 Å². The maximum Gasteiger partial charge on any atom is 0.405 e. The molecule has 10 nitrogen and oxygen atoms in total. The Hall–Kier alpha value is -1.86. The second kappa shape index (κ2) is 7.62. The first kappa shape index (κ1) is 23.8. The zero-order chi connectivity index (χ0) is 23.5. The van der Waals surface area contributed by atoms with E-state index in [1.807, 2.05) is 0 Å². The highest BCUT2D eigenvalue weighted by molar-refractivity contribution is 7.86. The lowest BCUT2D eigenvalue weighted by Crippen LogP contribution is -2.48. The molecule has 3 aliphatic rings. The molecule has 0 amide bonds. The molecule has 0 aromatic carbocycles. The molecule has 3 rings (SSSR count). The molecule has 0 spiro atoms. The van der Waals surface area contributed by atoms with Gasteiger partial charge in [-0.3, -0.25) is 18.9 Å². The van der Waals surface area contributed by atoms with Crippen LogP contribution in [0.1, 0.15) is 40.0 Å². The van der Waals surface area contributed by atoms with Gasteiger partial charge in [0.1, 0.15) is 12.2 Å². The summed E-state index contributed by atoms with van der Waals surface area (Å²) in [5, 5.41) is 5.77. The Balaban J connectivity index is 1.56. The third-order valence-electron chi connectivity index (χ3n) is 6.29. The van der Waals surface area contributed by atoms with Crippen molar-refractivity contribution >= 4 is 28.0 Å². The molecular formula is C18H24F2O10S. The first-order chi connectivity index (χ1) is 14.1. The summed E-state index contributed by atoms with van der Waals surface area (Å²) in [6, 6.07) is 0. The van der Waals surface area contributed by atoms with E-state index in [0.29, 0.717) is 13.3 Å². The number of carbonyl (C=O) groups excluding carboxylic acids is 3. The molecule has 176 valence electrons. The largest absolute Gasteiger partial charge is 0.458 e. The number of rotatable bonds is 8. The Bertz CT molecular complexity index is 880. The lowest BCUT2D eigenvalue weighted by atomic mass is 9.71. The van der Waals surface area contributed by atoms with Crippen LogP contribution in [0.15, 0.2) is 0 Å². The van der Waals surface area contributed by atoms with Crippen molar-refractivity contribution in [1.29, 1.82) is 0 Å². The van der Waals surface area contributed by atoms with Crippen LogP contribution in [-0.4, -0.2) is 65.2 Å². The summed E-state index contributed by atoms with van der Waals surface area (Å²) in [7, 11) is -5.79. The standard InChI is InChI=1S/C18H24F2O10S/c1-7(18(19,20)31(25,26)27)28-10(21)4-5-11(22)29-15-9-6-8-12(13(9)17(2,3)24)16(23)30-14(8)15/h7-9,12-15,24H,4-6H2,1-3H3,(H,25,26,27). The van der Waals surface area contributed by atoms with Gasteiger partial charge in [-0.05, 0) is 27.2 Å². The Morgan fingerprint density at radius 2 is 1.81 bits per heavy atom. The molecule has 7 unspecified atom stereocenters. The van der Waals surface area contributed by atoms with Crippen LogP contribution >= 0.6 is 0 Å². The highest BCUT2D eigenvalue weighted by Crippen LogP contribution is 2.61. The molecule has 7 atom stereocenters. The van der Waals surface area contributed by atoms with Crippen molar-refractivity contribution in [2.75, 3.05) is 0 Å². The fourth-order valence-corrected chi connectivity index (χ4v) is 5.53. The minimum Gasteiger partial charge on any atom is -0.458 e. The second-order valence-electron chi connectivity index (χ2n) is 8.79. The van der Waals surface area contributed by atoms with Crippen LogP contribution in [0.25, 0.3) is 0 Å². The zero-order valence-electron chi connectivity index (χ0n) is 17.0. The van der Waals surface area contributed by atoms with E-state index in [9.17, 15) is 36.7 Å². The van der Waals surface area contributed by atoms with Gasteiger partial charge in [0, 0.05) is 17.8 Å². The molecule has 2 bridgehead atoms. The third-order valence-corrected chi connectivity index (χ3v) is 7.31. The fourth-order valence-electron chi connectivity index (χ4n) is 5.06. The average molecular weight is 470 g/mol. The van der Waals surface area contributed by atoms with Gasteiger partial charge in [0.25, 0.3) is 0 Å². The van der Waals surface area contributed by atoms with Gasteiger partial charge in [0.2, 0.25) is 0 Å². The summed E-state index contributed by atoms with van der Waals surface area (Å²) in [6.45, 7) is 3.72. The summed E-state index contributed by atoms with van der Waals surface area (Å²) in [6.07, 6.45) is -4.58. The van der Waals surface area contributed by atoms with E-state index < -0.39 is 81.9 Å². The first-order valence-electron chi connectivity index (χ1n) is 9.72. The smallest absolute Gasteiger partial charge is 0.405 e. The first-order valence-corrected chi connectivity index (χ1v) is 11.2. The second-order valence-corrected chi connectivity index (χ2v) is 10.3. The summed E-state index contributed by atoms with van der Waals surface area (Å²) in [5.41, 5.74) is -1.21. The lowest BCUT2D eigenvalue weighted by molar-refractivity contribution is -0.168. The Morgan fingerprint density at radius 1 is 1.23 bits per heavy atom. The number of halogens is 2. The molecule has 0 aromatic heterocycles. The predicted octanol–water partition coefficient (Wildman–Crippen LogP) is 0.669. The van der Waals surface area contributed by atoms with Gasteiger partial charge in [-0.2, -0.15) is 17.2 Å². The molecular weight excluding hydrogens is 446 g/mol. The van der Waals surface area contributed by atoms with Crippen LogP contribution in [0.3, 0.4) is 0 Å². The molecule has 1 saturated heterocycles. The number of ether oxygens (including phenoxy) is 3. The van der Waals surface area contributed by atoms with Gasteiger partial charge in [0.05, 0.1) is 24.4 Å². The number of hydrogen-bond acceptors (Lipinski definition) is 9. The molecule has 1 aliphatic heterocycles. The van der Waals surface area contributed by atoms with Crippen molar-refractivity contribution < 1.29 is 55.5 Å². The van der Waals surface area contributed by atoms with Crippen LogP contribution in [0.2, 0.25) is 0 Å². The van der Waals surface area contributed by atoms with Crippen molar-refractivity contribution in [3.05, 3.63) is 0 Å². The van der Waals surface area contributed by atoms with Crippen molar-refractivity contribution in [1.82, 2.24) is 0 Å². The highest BCUT2D eigenvalue weighted by atomic mass is 32.2. The molecule has 0 radical (unpaired) electrons. The monoisotopic (exact) mass is 470 g/mol. The van der Waals surface area contributed by atoms with Crippen molar-refractivity contribution in [2.45, 2.75) is 69.2 Å². The van der Waals surface area contributed by atoms with Crippen LogP contribution in [-0.2, 0) is 38.7 Å². The summed E-state index contributed by atoms with van der Waals surface area (Å²) in [4.78, 5) is 36.1. The van der Waals surface area contributed by atoms with E-state index in [-0.39, 0.29) is 11.8 Å². The van der Waals surface area contributed by atoms with Crippen molar-refractivity contribution in [3.63, 3.8) is 0 Å². The molecule has 0 aromatic rings. The number of carbonyl (C=O) groups is 3. The molecule has 1 heterocycles. The van der Waals surface area contributed by atoms with E-state index in [2.05, 4.69) is 4.74 Å². The van der Waals surface area contributed by atoms with Crippen molar-refractivity contribution in [2.24, 2.45) is 23.7 Å². The van der Waals surface area contributed by atoms with Gasteiger partial charge in [-0.15, -0.1) is 0 Å². The van der Waals surface area contributed by atoms with E-state index in [4.69, 9.17) is 14.0 Å². The average Bonchev–Trinajstić information content (AvgIpc) is 3.21. The van der Waals surface area contributed by atoms with E-state index in [1.165, 1.54) is 0 Å². The van der Waals surface area contributed by atoms with Crippen LogP contribution in [0, 0.1) is 23.7 Å². The third kappa shape index (κ3) is 4.14. The molecule has 2 aliphatic carbocycles.